The molecule has 0 saturated carbocycles. The summed E-state index contributed by atoms with van der Waals surface area (Å²) >= 11 is 9.08. The van der Waals surface area contributed by atoms with Gasteiger partial charge >= 0.3 is 0 Å². The molecule has 0 aromatic heterocycles. The molecule has 1 N–H and O–H groups in total. The van der Waals surface area contributed by atoms with E-state index in [9.17, 15) is 8.42 Å². The predicted molar refractivity (Wildman–Crippen MR) is 69.3 cm³/mol. The zero-order chi connectivity index (χ0) is 12.2. The van der Waals surface area contributed by atoms with E-state index in [1.807, 2.05) is 6.92 Å². The van der Waals surface area contributed by atoms with Gasteiger partial charge in [0.15, 0.2) is 0 Å². The Kier molecular flexibility index (Phi) is 5.24. The van der Waals surface area contributed by atoms with Crippen LogP contribution in [0.2, 0.25) is 0 Å². The number of sulfonamides is 1. The molecule has 0 saturated heterocycles. The topological polar surface area (TPSA) is 46.2 Å². The van der Waals surface area contributed by atoms with Crippen molar-refractivity contribution in [3.8, 4) is 0 Å². The quantitative estimate of drug-likeness (QED) is 0.846. The van der Waals surface area contributed by atoms with Gasteiger partial charge in [0.2, 0.25) is 10.0 Å². The van der Waals surface area contributed by atoms with Gasteiger partial charge in [-0.2, -0.15) is 0 Å². The van der Waals surface area contributed by atoms with Crippen molar-refractivity contribution in [2.75, 3.05) is 6.54 Å². The highest BCUT2D eigenvalue weighted by atomic mass is 79.9. The van der Waals surface area contributed by atoms with E-state index in [0.29, 0.717) is 0 Å². The lowest BCUT2D eigenvalue weighted by molar-refractivity contribution is 0.579. The molecular formula is C10H13BrClNO2S. The van der Waals surface area contributed by atoms with Crippen LogP contribution in [0.25, 0.3) is 0 Å². The molecule has 0 amide bonds. The Labute approximate surface area is 109 Å². The summed E-state index contributed by atoms with van der Waals surface area (Å²) in [5.41, 5.74) is 0. The molecule has 1 atom stereocenters. The first kappa shape index (κ1) is 14.0. The van der Waals surface area contributed by atoms with E-state index in [1.54, 1.807) is 24.3 Å². The highest BCUT2D eigenvalue weighted by Crippen LogP contribution is 2.16. The molecule has 1 rings (SSSR count). The van der Waals surface area contributed by atoms with Crippen molar-refractivity contribution in [2.24, 2.45) is 0 Å². The Morgan fingerprint density at radius 1 is 1.50 bits per heavy atom. The summed E-state index contributed by atoms with van der Waals surface area (Å²) in [5.74, 6) is 0. The molecule has 0 aliphatic carbocycles. The number of benzene rings is 1. The number of alkyl halides is 1. The van der Waals surface area contributed by atoms with Crippen LogP contribution in [0.1, 0.15) is 13.3 Å². The third kappa shape index (κ3) is 4.05. The molecule has 6 heteroatoms. The summed E-state index contributed by atoms with van der Waals surface area (Å²) in [5, 5.41) is -0.179. The van der Waals surface area contributed by atoms with E-state index in [2.05, 4.69) is 20.7 Å². The van der Waals surface area contributed by atoms with Gasteiger partial charge in [-0.25, -0.2) is 13.1 Å². The van der Waals surface area contributed by atoms with Crippen molar-refractivity contribution in [3.05, 3.63) is 28.7 Å². The van der Waals surface area contributed by atoms with E-state index in [-0.39, 0.29) is 16.8 Å². The number of rotatable bonds is 5. The number of halogens is 2. The van der Waals surface area contributed by atoms with Crippen molar-refractivity contribution >= 4 is 37.6 Å². The lowest BCUT2D eigenvalue weighted by Gasteiger charge is -2.09. The molecule has 1 aromatic rings. The summed E-state index contributed by atoms with van der Waals surface area (Å²) in [6.45, 7) is 2.15. The van der Waals surface area contributed by atoms with Crippen molar-refractivity contribution in [3.63, 3.8) is 0 Å². The molecule has 3 nitrogen and oxygen atoms in total. The highest BCUT2D eigenvalue weighted by Gasteiger charge is 2.15. The molecule has 90 valence electrons. The average molecular weight is 327 g/mol. The number of hydrogen-bond acceptors (Lipinski definition) is 2. The third-order valence-electron chi connectivity index (χ3n) is 2.04. The minimum absolute atomic E-state index is 0.179. The first-order valence-corrected chi connectivity index (χ1v) is 7.56. The lowest BCUT2D eigenvalue weighted by Crippen LogP contribution is -2.29. The Morgan fingerprint density at radius 2 is 2.19 bits per heavy atom. The van der Waals surface area contributed by atoms with Gasteiger partial charge in [0.05, 0.1) is 4.90 Å². The predicted octanol–water partition coefficient (Wildman–Crippen LogP) is 2.74. The van der Waals surface area contributed by atoms with E-state index in [0.717, 1.165) is 10.9 Å². The Balaban J connectivity index is 2.78. The second-order valence-electron chi connectivity index (χ2n) is 3.31. The second kappa shape index (κ2) is 6.00. The second-order valence-corrected chi connectivity index (χ2v) is 6.61. The fourth-order valence-electron chi connectivity index (χ4n) is 1.06. The average Bonchev–Trinajstić information content (AvgIpc) is 2.26. The Morgan fingerprint density at radius 3 is 2.75 bits per heavy atom. The van der Waals surface area contributed by atoms with E-state index in [4.69, 9.17) is 11.6 Å². The van der Waals surface area contributed by atoms with Crippen molar-refractivity contribution in [1.29, 1.82) is 0 Å². The van der Waals surface area contributed by atoms with Gasteiger partial charge in [0.25, 0.3) is 0 Å². The maximum Gasteiger partial charge on any atom is 0.240 e. The SMILES string of the molecule is CCC(Cl)CNS(=O)(=O)c1cccc(Br)c1. The van der Waals surface area contributed by atoms with E-state index >= 15 is 0 Å². The number of nitrogens with one attached hydrogen (secondary N) is 1. The van der Waals surface area contributed by atoms with E-state index < -0.39 is 10.0 Å². The minimum Gasteiger partial charge on any atom is -0.210 e. The summed E-state index contributed by atoms with van der Waals surface area (Å²) in [7, 11) is -3.45. The molecule has 0 bridgehead atoms. The van der Waals surface area contributed by atoms with Crippen LogP contribution in [0.15, 0.2) is 33.6 Å². The van der Waals surface area contributed by atoms with Crippen LogP contribution < -0.4 is 4.72 Å². The third-order valence-corrected chi connectivity index (χ3v) is 4.42. The van der Waals surface area contributed by atoms with Gasteiger partial charge in [0, 0.05) is 16.4 Å². The summed E-state index contributed by atoms with van der Waals surface area (Å²) in [4.78, 5) is 0.238. The molecule has 16 heavy (non-hydrogen) atoms. The zero-order valence-corrected chi connectivity index (χ0v) is 11.9. The van der Waals surface area contributed by atoms with E-state index in [1.165, 1.54) is 0 Å². The largest absolute Gasteiger partial charge is 0.240 e. The van der Waals surface area contributed by atoms with Crippen molar-refractivity contribution in [1.82, 2.24) is 4.72 Å². The maximum absolute atomic E-state index is 11.8. The van der Waals surface area contributed by atoms with Gasteiger partial charge in [-0.05, 0) is 24.6 Å². The first-order chi connectivity index (χ1) is 7.45. The fourth-order valence-corrected chi connectivity index (χ4v) is 2.91. The molecule has 0 heterocycles. The van der Waals surface area contributed by atoms with Gasteiger partial charge in [-0.1, -0.05) is 28.9 Å². The van der Waals surface area contributed by atoms with Crippen LogP contribution in [-0.4, -0.2) is 20.3 Å². The summed E-state index contributed by atoms with van der Waals surface area (Å²) < 4.78 is 26.8. The highest BCUT2D eigenvalue weighted by molar-refractivity contribution is 9.10. The molecule has 0 aliphatic rings. The smallest absolute Gasteiger partial charge is 0.210 e. The van der Waals surface area contributed by atoms with Crippen LogP contribution in [0, 0.1) is 0 Å². The number of hydrogen-bond donors (Lipinski definition) is 1. The maximum atomic E-state index is 11.8. The molecular weight excluding hydrogens is 314 g/mol. The molecule has 1 aromatic carbocycles. The van der Waals surface area contributed by atoms with Crippen molar-refractivity contribution in [2.45, 2.75) is 23.6 Å². The lowest BCUT2D eigenvalue weighted by atomic mass is 10.3. The fraction of sp³-hybridized carbons (Fsp3) is 0.400. The Hall–Kier alpha value is -0.100. The monoisotopic (exact) mass is 325 g/mol. The molecule has 1 unspecified atom stereocenters. The van der Waals surface area contributed by atoms with Crippen LogP contribution in [0.4, 0.5) is 0 Å². The molecule has 0 radical (unpaired) electrons. The Bertz CT molecular complexity index is 450. The van der Waals surface area contributed by atoms with Gasteiger partial charge < -0.3 is 0 Å². The molecule has 0 fully saturated rings. The first-order valence-electron chi connectivity index (χ1n) is 4.85. The van der Waals surface area contributed by atoms with Crippen LogP contribution in [-0.2, 0) is 10.0 Å². The van der Waals surface area contributed by atoms with Crippen LogP contribution in [0.3, 0.4) is 0 Å². The van der Waals surface area contributed by atoms with Crippen LogP contribution in [0.5, 0.6) is 0 Å². The van der Waals surface area contributed by atoms with Gasteiger partial charge in [-0.15, -0.1) is 11.6 Å². The zero-order valence-electron chi connectivity index (χ0n) is 8.78. The van der Waals surface area contributed by atoms with Crippen LogP contribution >= 0.6 is 27.5 Å². The molecule has 0 spiro atoms. The van der Waals surface area contributed by atoms with Crippen molar-refractivity contribution < 1.29 is 8.42 Å². The normalized spacial score (nSPS) is 13.7. The van der Waals surface area contributed by atoms with Gasteiger partial charge in [0.1, 0.15) is 0 Å². The summed E-state index contributed by atoms with van der Waals surface area (Å²) in [6, 6.07) is 6.55. The molecule has 0 aliphatic heterocycles. The van der Waals surface area contributed by atoms with Gasteiger partial charge in [-0.3, -0.25) is 0 Å². The minimum atomic E-state index is -3.45. The summed E-state index contributed by atoms with van der Waals surface area (Å²) in [6.07, 6.45) is 0.725. The standard InChI is InChI=1S/C10H13BrClNO2S/c1-2-9(12)7-13-16(14,15)10-5-3-4-8(11)6-10/h3-6,9,13H,2,7H2,1H3.